The van der Waals surface area contributed by atoms with Gasteiger partial charge in [0.05, 0.1) is 0 Å². The maximum absolute atomic E-state index is 2.36. The first-order chi connectivity index (χ1) is 22.7. The summed E-state index contributed by atoms with van der Waals surface area (Å²) in [5.74, 6) is 0. The number of hydrogen-bond acceptors (Lipinski definition) is 0. The molecule has 0 heterocycles. The minimum Gasteiger partial charge on any atom is -0.0617 e. The summed E-state index contributed by atoms with van der Waals surface area (Å²) in [6.45, 7) is 22.5. The molecule has 8 aromatic carbocycles. The first-order valence-electron chi connectivity index (χ1n) is 17.4. The van der Waals surface area contributed by atoms with Crippen molar-refractivity contribution < 1.29 is 0 Å². The van der Waals surface area contributed by atoms with Gasteiger partial charge >= 0.3 is 0 Å². The minimum atomic E-state index is 0.205. The van der Waals surface area contributed by atoms with Crippen molar-refractivity contribution in [2.75, 3.05) is 0 Å². The van der Waals surface area contributed by atoms with Crippen molar-refractivity contribution in [2.24, 2.45) is 0 Å². The number of aryl methyl sites for hydroxylation is 4. The number of rotatable bonds is 1. The normalized spacial score (nSPS) is 12.4. The Morgan fingerprint density at radius 1 is 0.354 bits per heavy atom. The van der Waals surface area contributed by atoms with Crippen LogP contribution in [0.3, 0.4) is 0 Å². The molecule has 0 aliphatic heterocycles. The van der Waals surface area contributed by atoms with Gasteiger partial charge in [-0.25, -0.2) is 0 Å². The van der Waals surface area contributed by atoms with Gasteiger partial charge in [-0.1, -0.05) is 151 Å². The van der Waals surface area contributed by atoms with Gasteiger partial charge in [0.25, 0.3) is 0 Å². The fourth-order valence-electron chi connectivity index (χ4n) is 7.78. The molecule has 0 saturated heterocycles. The second kappa shape index (κ2) is 11.5. The molecule has 0 unspecified atom stereocenters. The van der Waals surface area contributed by atoms with Crippen LogP contribution >= 0.6 is 0 Å². The molecule has 0 fully saturated rings. The molecule has 240 valence electrons. The lowest BCUT2D eigenvalue weighted by atomic mass is 9.82. The highest BCUT2D eigenvalue weighted by atomic mass is 14.2. The first-order valence-corrected chi connectivity index (χ1v) is 17.4. The van der Waals surface area contributed by atoms with Crippen LogP contribution < -0.4 is 0 Å². The molecular weight excluding hydrogens is 577 g/mol. The molecule has 0 saturated carbocycles. The van der Waals surface area contributed by atoms with E-state index in [-0.39, 0.29) is 10.8 Å². The highest BCUT2D eigenvalue weighted by Gasteiger charge is 2.19. The zero-order valence-corrected chi connectivity index (χ0v) is 30.4. The molecule has 0 atom stereocenters. The molecule has 0 amide bonds. The summed E-state index contributed by atoms with van der Waals surface area (Å²) >= 11 is 0. The van der Waals surface area contributed by atoms with Gasteiger partial charge in [0.15, 0.2) is 0 Å². The van der Waals surface area contributed by atoms with Crippen LogP contribution in [0.1, 0.15) is 74.9 Å². The van der Waals surface area contributed by atoms with E-state index in [1.807, 2.05) is 0 Å². The molecule has 0 spiro atoms. The number of fused-ring (bicyclic) bond motifs is 3. The van der Waals surface area contributed by atoms with E-state index in [2.05, 4.69) is 178 Å². The van der Waals surface area contributed by atoms with E-state index in [9.17, 15) is 0 Å². The third-order valence-corrected chi connectivity index (χ3v) is 10.5. The molecule has 0 aliphatic carbocycles. The molecule has 0 radical (unpaired) electrons. The standard InChI is InChI=1S/C29H22.C19H26/c1-17-13-14-25-26-16-15-24(27-18(2)7-4-8-19(27)3)23-12-6-11-22(29(23)26)21-10-5-9-20(17)28(21)25;1-13-10-16(19(5,6)7)12-14-11-15(18(2,3)4)8-9-17(13)14/h4-16H,1-3H3;8-12H,1-7H3. The fourth-order valence-corrected chi connectivity index (χ4v) is 7.78. The zero-order chi connectivity index (χ0) is 34.1. The summed E-state index contributed by atoms with van der Waals surface area (Å²) in [6.07, 6.45) is 0. The summed E-state index contributed by atoms with van der Waals surface area (Å²) in [7, 11) is 0. The average molecular weight is 625 g/mol. The second-order valence-corrected chi connectivity index (χ2v) is 16.0. The molecule has 0 heteroatoms. The SMILES string of the molecule is Cc1cc(C(C)(C)C)cc2cc(C(C)(C)C)ccc12.Cc1cccc(C)c1-c1ccc2c3ccc(C)c4cccc(c5cccc1c52)c43. The van der Waals surface area contributed by atoms with Gasteiger partial charge in [-0.15, -0.1) is 0 Å². The third-order valence-electron chi connectivity index (χ3n) is 10.5. The van der Waals surface area contributed by atoms with Crippen molar-refractivity contribution in [3.8, 4) is 11.1 Å². The molecule has 0 aromatic heterocycles. The summed E-state index contributed by atoms with van der Waals surface area (Å²) < 4.78 is 0. The maximum atomic E-state index is 2.36. The molecular formula is C48H48. The van der Waals surface area contributed by atoms with Crippen LogP contribution in [0.25, 0.3) is 65.0 Å². The van der Waals surface area contributed by atoms with Crippen molar-refractivity contribution >= 4 is 53.9 Å². The van der Waals surface area contributed by atoms with E-state index < -0.39 is 0 Å². The van der Waals surface area contributed by atoms with Gasteiger partial charge in [-0.2, -0.15) is 0 Å². The Bertz CT molecular complexity index is 2450. The van der Waals surface area contributed by atoms with Crippen LogP contribution in [-0.2, 0) is 10.8 Å². The Hall–Kier alpha value is -4.68. The molecule has 0 aliphatic rings. The zero-order valence-electron chi connectivity index (χ0n) is 30.4. The van der Waals surface area contributed by atoms with E-state index in [1.165, 1.54) is 98.4 Å². The maximum Gasteiger partial charge on any atom is -0.00201 e. The van der Waals surface area contributed by atoms with Gasteiger partial charge in [-0.3, -0.25) is 0 Å². The quantitative estimate of drug-likeness (QED) is 0.126. The lowest BCUT2D eigenvalue weighted by molar-refractivity contribution is 0.589. The summed E-state index contributed by atoms with van der Waals surface area (Å²) in [4.78, 5) is 0. The smallest absolute Gasteiger partial charge is 0.00201 e. The Balaban J connectivity index is 0.000000167. The molecule has 8 aromatic rings. The van der Waals surface area contributed by atoms with Gasteiger partial charge in [-0.05, 0) is 137 Å². The summed E-state index contributed by atoms with van der Waals surface area (Å²) in [5.41, 5.74) is 11.3. The van der Waals surface area contributed by atoms with E-state index >= 15 is 0 Å². The molecule has 0 bridgehead atoms. The number of hydrogen-bond donors (Lipinski definition) is 0. The van der Waals surface area contributed by atoms with Crippen molar-refractivity contribution in [3.63, 3.8) is 0 Å². The molecule has 48 heavy (non-hydrogen) atoms. The summed E-state index contributed by atoms with van der Waals surface area (Å²) in [6, 6.07) is 41.0. The monoisotopic (exact) mass is 624 g/mol. The molecule has 0 nitrogen and oxygen atoms in total. The van der Waals surface area contributed by atoms with Gasteiger partial charge in [0, 0.05) is 0 Å². The Kier molecular flexibility index (Phi) is 7.63. The van der Waals surface area contributed by atoms with Crippen LogP contribution in [-0.4, -0.2) is 0 Å². The topological polar surface area (TPSA) is 0 Å². The third kappa shape index (κ3) is 5.32. The van der Waals surface area contributed by atoms with Crippen LogP contribution in [0, 0.1) is 27.7 Å². The van der Waals surface area contributed by atoms with Crippen LogP contribution in [0.4, 0.5) is 0 Å². The average Bonchev–Trinajstić information content (AvgIpc) is 3.04. The van der Waals surface area contributed by atoms with Crippen LogP contribution in [0.15, 0.2) is 109 Å². The largest absolute Gasteiger partial charge is 0.0617 e. The van der Waals surface area contributed by atoms with Crippen molar-refractivity contribution in [3.05, 3.63) is 143 Å². The van der Waals surface area contributed by atoms with Gasteiger partial charge < -0.3 is 0 Å². The van der Waals surface area contributed by atoms with Crippen LogP contribution in [0.5, 0.6) is 0 Å². The Labute approximate surface area is 286 Å². The Morgan fingerprint density at radius 2 is 0.833 bits per heavy atom. The van der Waals surface area contributed by atoms with Crippen molar-refractivity contribution in [1.29, 1.82) is 0 Å². The molecule has 0 N–H and O–H groups in total. The van der Waals surface area contributed by atoms with E-state index in [4.69, 9.17) is 0 Å². The fraction of sp³-hybridized carbons (Fsp3) is 0.250. The minimum absolute atomic E-state index is 0.205. The van der Waals surface area contributed by atoms with E-state index in [0.29, 0.717) is 0 Å². The highest BCUT2D eigenvalue weighted by Crippen LogP contribution is 2.44. The highest BCUT2D eigenvalue weighted by molar-refractivity contribution is 6.34. The number of benzene rings is 8. The molecule has 8 rings (SSSR count). The predicted octanol–water partition coefficient (Wildman–Crippen LogP) is 14.1. The lowest BCUT2D eigenvalue weighted by Crippen LogP contribution is -2.12. The van der Waals surface area contributed by atoms with Crippen molar-refractivity contribution in [2.45, 2.75) is 80.1 Å². The van der Waals surface area contributed by atoms with Gasteiger partial charge in [0.1, 0.15) is 0 Å². The predicted molar refractivity (Wildman–Crippen MR) is 213 cm³/mol. The van der Waals surface area contributed by atoms with E-state index in [0.717, 1.165) is 0 Å². The lowest BCUT2D eigenvalue weighted by Gasteiger charge is -2.23. The van der Waals surface area contributed by atoms with E-state index in [1.54, 1.807) is 0 Å². The second-order valence-electron chi connectivity index (χ2n) is 16.0. The Morgan fingerprint density at radius 3 is 1.46 bits per heavy atom. The van der Waals surface area contributed by atoms with Crippen molar-refractivity contribution in [1.82, 2.24) is 0 Å². The first kappa shape index (κ1) is 31.9. The van der Waals surface area contributed by atoms with Gasteiger partial charge in [0.2, 0.25) is 0 Å². The van der Waals surface area contributed by atoms with Crippen LogP contribution in [0.2, 0.25) is 0 Å². The summed E-state index contributed by atoms with van der Waals surface area (Å²) in [5, 5.41) is 13.7.